The predicted molar refractivity (Wildman–Crippen MR) is 57.4 cm³/mol. The molecule has 0 heterocycles. The standard InChI is InChI=1S/C11H11ClO2/c1-2-9(11(13)14)6-8-4-3-5-10(12)7-8/h3-7H,2H2,1H3,(H,13,14)/b9-6+. The number of carbonyl (C=O) groups is 1. The average molecular weight is 211 g/mol. The summed E-state index contributed by atoms with van der Waals surface area (Å²) in [5.74, 6) is -0.882. The Morgan fingerprint density at radius 2 is 2.29 bits per heavy atom. The van der Waals surface area contributed by atoms with Gasteiger partial charge >= 0.3 is 5.97 Å². The molecule has 0 bridgehead atoms. The molecule has 0 atom stereocenters. The monoisotopic (exact) mass is 210 g/mol. The normalized spacial score (nSPS) is 11.4. The lowest BCUT2D eigenvalue weighted by atomic mass is 10.1. The highest BCUT2D eigenvalue weighted by Gasteiger charge is 2.03. The molecule has 0 aromatic heterocycles. The van der Waals surface area contributed by atoms with Gasteiger partial charge < -0.3 is 5.11 Å². The Labute approximate surface area is 87.8 Å². The zero-order chi connectivity index (χ0) is 10.6. The van der Waals surface area contributed by atoms with Crippen LogP contribution in [-0.2, 0) is 4.79 Å². The molecule has 2 nitrogen and oxygen atoms in total. The third-order valence-electron chi connectivity index (χ3n) is 1.85. The summed E-state index contributed by atoms with van der Waals surface area (Å²) >= 11 is 5.77. The first-order valence-corrected chi connectivity index (χ1v) is 4.70. The van der Waals surface area contributed by atoms with Crippen molar-refractivity contribution in [2.45, 2.75) is 13.3 Å². The van der Waals surface area contributed by atoms with Crippen LogP contribution >= 0.6 is 11.6 Å². The van der Waals surface area contributed by atoms with Gasteiger partial charge in [0.2, 0.25) is 0 Å². The van der Waals surface area contributed by atoms with E-state index in [0.717, 1.165) is 5.56 Å². The molecule has 1 N–H and O–H groups in total. The zero-order valence-electron chi connectivity index (χ0n) is 7.83. The van der Waals surface area contributed by atoms with Crippen LogP contribution in [-0.4, -0.2) is 11.1 Å². The Morgan fingerprint density at radius 3 is 2.79 bits per heavy atom. The van der Waals surface area contributed by atoms with Gasteiger partial charge in [-0.05, 0) is 30.2 Å². The second-order valence-corrected chi connectivity index (χ2v) is 3.32. The lowest BCUT2D eigenvalue weighted by Crippen LogP contribution is -1.98. The topological polar surface area (TPSA) is 37.3 Å². The number of benzene rings is 1. The molecule has 0 saturated heterocycles. The lowest BCUT2D eigenvalue weighted by Gasteiger charge is -1.98. The van der Waals surface area contributed by atoms with Crippen molar-refractivity contribution in [3.8, 4) is 0 Å². The third-order valence-corrected chi connectivity index (χ3v) is 2.08. The van der Waals surface area contributed by atoms with Crippen LogP contribution in [0.25, 0.3) is 6.08 Å². The SMILES string of the molecule is CC/C(=C\c1cccc(Cl)c1)C(=O)O. The van der Waals surface area contributed by atoms with E-state index in [0.29, 0.717) is 17.0 Å². The van der Waals surface area contributed by atoms with Crippen LogP contribution in [0.5, 0.6) is 0 Å². The van der Waals surface area contributed by atoms with Crippen LogP contribution in [0.4, 0.5) is 0 Å². The number of hydrogen-bond donors (Lipinski definition) is 1. The molecule has 1 aromatic carbocycles. The van der Waals surface area contributed by atoms with E-state index in [-0.39, 0.29) is 0 Å². The van der Waals surface area contributed by atoms with Crippen molar-refractivity contribution in [3.05, 3.63) is 40.4 Å². The van der Waals surface area contributed by atoms with Crippen molar-refractivity contribution in [1.29, 1.82) is 0 Å². The second-order valence-electron chi connectivity index (χ2n) is 2.88. The highest BCUT2D eigenvalue weighted by Crippen LogP contribution is 2.14. The number of carboxylic acids is 1. The van der Waals surface area contributed by atoms with E-state index in [9.17, 15) is 4.79 Å². The van der Waals surface area contributed by atoms with Crippen LogP contribution in [0.3, 0.4) is 0 Å². The summed E-state index contributed by atoms with van der Waals surface area (Å²) in [5.41, 5.74) is 1.20. The molecule has 1 aromatic rings. The van der Waals surface area contributed by atoms with E-state index in [1.54, 1.807) is 24.3 Å². The first kappa shape index (κ1) is 10.8. The minimum absolute atomic E-state index is 0.382. The molecule has 0 radical (unpaired) electrons. The van der Waals surface area contributed by atoms with Crippen molar-refractivity contribution >= 4 is 23.6 Å². The first-order chi connectivity index (χ1) is 6.63. The molecule has 14 heavy (non-hydrogen) atoms. The Morgan fingerprint density at radius 1 is 1.57 bits per heavy atom. The van der Waals surface area contributed by atoms with E-state index < -0.39 is 5.97 Å². The zero-order valence-corrected chi connectivity index (χ0v) is 8.58. The smallest absolute Gasteiger partial charge is 0.331 e. The highest BCUT2D eigenvalue weighted by molar-refractivity contribution is 6.30. The second kappa shape index (κ2) is 4.82. The fourth-order valence-electron chi connectivity index (χ4n) is 1.11. The summed E-state index contributed by atoms with van der Waals surface area (Å²) in [7, 11) is 0. The van der Waals surface area contributed by atoms with E-state index in [2.05, 4.69) is 0 Å². The molecule has 0 aliphatic carbocycles. The number of hydrogen-bond acceptors (Lipinski definition) is 1. The van der Waals surface area contributed by atoms with E-state index in [1.165, 1.54) is 0 Å². The van der Waals surface area contributed by atoms with Crippen LogP contribution in [0.1, 0.15) is 18.9 Å². The summed E-state index contributed by atoms with van der Waals surface area (Å²) in [6.45, 7) is 1.81. The highest BCUT2D eigenvalue weighted by atomic mass is 35.5. The molecule has 3 heteroatoms. The van der Waals surface area contributed by atoms with Crippen LogP contribution in [0.2, 0.25) is 5.02 Å². The Hall–Kier alpha value is -1.28. The van der Waals surface area contributed by atoms with Gasteiger partial charge in [0.15, 0.2) is 0 Å². The number of rotatable bonds is 3. The summed E-state index contributed by atoms with van der Waals surface area (Å²) in [6, 6.07) is 7.11. The van der Waals surface area contributed by atoms with Crippen LogP contribution < -0.4 is 0 Å². The fraction of sp³-hybridized carbons (Fsp3) is 0.182. The molecule has 0 fully saturated rings. The minimum Gasteiger partial charge on any atom is -0.478 e. The molecular formula is C11H11ClO2. The van der Waals surface area contributed by atoms with Crippen molar-refractivity contribution in [1.82, 2.24) is 0 Å². The molecule has 0 aliphatic heterocycles. The molecule has 0 saturated carbocycles. The maximum Gasteiger partial charge on any atom is 0.331 e. The summed E-state index contributed by atoms with van der Waals surface area (Å²) in [6.07, 6.45) is 2.13. The molecule has 0 spiro atoms. The largest absolute Gasteiger partial charge is 0.478 e. The van der Waals surface area contributed by atoms with E-state index >= 15 is 0 Å². The van der Waals surface area contributed by atoms with Crippen molar-refractivity contribution in [2.75, 3.05) is 0 Å². The first-order valence-electron chi connectivity index (χ1n) is 4.33. The van der Waals surface area contributed by atoms with Crippen molar-refractivity contribution in [3.63, 3.8) is 0 Å². The summed E-state index contributed by atoms with van der Waals surface area (Å²) in [4.78, 5) is 10.7. The van der Waals surface area contributed by atoms with Gasteiger partial charge in [-0.1, -0.05) is 30.7 Å². The predicted octanol–water partition coefficient (Wildman–Crippen LogP) is 3.22. The van der Waals surface area contributed by atoms with E-state index in [4.69, 9.17) is 16.7 Å². The van der Waals surface area contributed by atoms with Gasteiger partial charge in [0.25, 0.3) is 0 Å². The van der Waals surface area contributed by atoms with Gasteiger partial charge in [-0.2, -0.15) is 0 Å². The molecule has 0 unspecified atom stereocenters. The molecule has 1 rings (SSSR count). The molecule has 0 aliphatic rings. The Bertz CT molecular complexity index is 369. The molecule has 0 amide bonds. The van der Waals surface area contributed by atoms with Gasteiger partial charge in [-0.25, -0.2) is 4.79 Å². The lowest BCUT2D eigenvalue weighted by molar-refractivity contribution is -0.132. The summed E-state index contributed by atoms with van der Waals surface area (Å²) < 4.78 is 0. The maximum absolute atomic E-state index is 10.7. The average Bonchev–Trinajstić information content (AvgIpc) is 2.14. The summed E-state index contributed by atoms with van der Waals surface area (Å²) in [5, 5.41) is 9.41. The quantitative estimate of drug-likeness (QED) is 0.778. The third kappa shape index (κ3) is 2.89. The maximum atomic E-state index is 10.7. The molecule has 74 valence electrons. The van der Waals surface area contributed by atoms with Gasteiger partial charge in [0.1, 0.15) is 0 Å². The Kier molecular flexibility index (Phi) is 3.72. The van der Waals surface area contributed by atoms with Crippen molar-refractivity contribution in [2.24, 2.45) is 0 Å². The fourth-order valence-corrected chi connectivity index (χ4v) is 1.31. The van der Waals surface area contributed by atoms with Crippen molar-refractivity contribution < 1.29 is 9.90 Å². The number of halogens is 1. The van der Waals surface area contributed by atoms with Crippen LogP contribution in [0, 0.1) is 0 Å². The Balaban J connectivity index is 3.00. The van der Waals surface area contributed by atoms with Gasteiger partial charge in [0.05, 0.1) is 0 Å². The van der Waals surface area contributed by atoms with Gasteiger partial charge in [-0.15, -0.1) is 0 Å². The van der Waals surface area contributed by atoms with Gasteiger partial charge in [0, 0.05) is 10.6 Å². The number of aliphatic carboxylic acids is 1. The van der Waals surface area contributed by atoms with Gasteiger partial charge in [-0.3, -0.25) is 0 Å². The number of carboxylic acid groups (broad SMARTS) is 1. The van der Waals surface area contributed by atoms with Crippen LogP contribution in [0.15, 0.2) is 29.8 Å². The minimum atomic E-state index is -0.882. The van der Waals surface area contributed by atoms with E-state index in [1.807, 2.05) is 13.0 Å². The molecular weight excluding hydrogens is 200 g/mol.